The highest BCUT2D eigenvalue weighted by atomic mass is 35.5. The summed E-state index contributed by atoms with van der Waals surface area (Å²) < 4.78 is 0. The minimum Gasteiger partial charge on any atom is -0.478 e. The van der Waals surface area contributed by atoms with Gasteiger partial charge in [0.2, 0.25) is 0 Å². The van der Waals surface area contributed by atoms with Gasteiger partial charge in [-0.25, -0.2) is 4.79 Å². The highest BCUT2D eigenvalue weighted by Gasteiger charge is 2.15. The number of carboxylic acid groups (broad SMARTS) is 1. The van der Waals surface area contributed by atoms with Gasteiger partial charge >= 0.3 is 5.97 Å². The number of benzene rings is 1. The Morgan fingerprint density at radius 2 is 1.95 bits per heavy atom. The van der Waals surface area contributed by atoms with Crippen molar-refractivity contribution in [3.05, 3.63) is 50.1 Å². The van der Waals surface area contributed by atoms with Crippen LogP contribution < -0.4 is 10.6 Å². The number of aromatic carboxylic acids is 1. The van der Waals surface area contributed by atoms with Gasteiger partial charge in [-0.2, -0.15) is 0 Å². The number of hydrogen-bond donors (Lipinski definition) is 3. The van der Waals surface area contributed by atoms with E-state index in [4.69, 9.17) is 40.5 Å². The minimum absolute atomic E-state index is 0.000962. The lowest BCUT2D eigenvalue weighted by Gasteiger charge is -2.12. The van der Waals surface area contributed by atoms with Crippen molar-refractivity contribution in [1.29, 1.82) is 0 Å². The van der Waals surface area contributed by atoms with Gasteiger partial charge in [-0.3, -0.25) is 10.1 Å². The van der Waals surface area contributed by atoms with Crippen molar-refractivity contribution in [2.75, 3.05) is 5.32 Å². The topological polar surface area (TPSA) is 78.4 Å². The first kappa shape index (κ1) is 16.7. The third-order valence-electron chi connectivity index (χ3n) is 2.51. The molecule has 1 aromatic heterocycles. The summed E-state index contributed by atoms with van der Waals surface area (Å²) in [6, 6.07) is 5.93. The first-order valence-corrected chi connectivity index (χ1v) is 7.81. The van der Waals surface area contributed by atoms with Gasteiger partial charge in [0, 0.05) is 0 Å². The van der Waals surface area contributed by atoms with Crippen LogP contribution in [0.1, 0.15) is 20.0 Å². The highest BCUT2D eigenvalue weighted by molar-refractivity contribution is 7.80. The van der Waals surface area contributed by atoms with Crippen molar-refractivity contribution in [2.45, 2.75) is 0 Å². The maximum Gasteiger partial charge on any atom is 0.337 e. The number of nitrogens with one attached hydrogen (secondary N) is 2. The number of halogens is 2. The second kappa shape index (κ2) is 7.06. The summed E-state index contributed by atoms with van der Waals surface area (Å²) in [5, 5.41) is 16.1. The predicted octanol–water partition coefficient (Wildman–Crippen LogP) is 3.88. The van der Waals surface area contributed by atoms with Gasteiger partial charge in [0.1, 0.15) is 0 Å². The van der Waals surface area contributed by atoms with E-state index in [1.165, 1.54) is 23.5 Å². The number of rotatable bonds is 3. The molecule has 2 rings (SSSR count). The van der Waals surface area contributed by atoms with Crippen LogP contribution in [0.4, 0.5) is 5.69 Å². The number of hydrogen-bond acceptors (Lipinski definition) is 4. The number of carbonyl (C=O) groups excluding carboxylic acids is 1. The molecule has 5 nitrogen and oxygen atoms in total. The lowest BCUT2D eigenvalue weighted by atomic mass is 10.2. The van der Waals surface area contributed by atoms with Crippen LogP contribution in [0.2, 0.25) is 10.0 Å². The van der Waals surface area contributed by atoms with Gasteiger partial charge in [0.15, 0.2) is 5.11 Å². The fraction of sp³-hybridized carbons (Fsp3) is 0. The molecule has 0 saturated carbocycles. The molecule has 0 fully saturated rings. The number of carboxylic acids is 1. The van der Waals surface area contributed by atoms with Crippen molar-refractivity contribution in [2.24, 2.45) is 0 Å². The van der Waals surface area contributed by atoms with E-state index in [0.29, 0.717) is 4.88 Å². The molecule has 114 valence electrons. The number of thiocarbonyl (C=S) groups is 1. The van der Waals surface area contributed by atoms with E-state index in [1.54, 1.807) is 17.5 Å². The highest BCUT2D eigenvalue weighted by Crippen LogP contribution is 2.29. The number of thiophene rings is 1. The van der Waals surface area contributed by atoms with Gasteiger partial charge in [-0.05, 0) is 35.8 Å². The maximum absolute atomic E-state index is 11.8. The third-order valence-corrected chi connectivity index (χ3v) is 4.21. The van der Waals surface area contributed by atoms with Crippen LogP contribution in [-0.2, 0) is 0 Å². The lowest BCUT2D eigenvalue weighted by molar-refractivity contribution is 0.0697. The van der Waals surface area contributed by atoms with Crippen molar-refractivity contribution >= 4 is 69.4 Å². The molecule has 0 atom stereocenters. The molecule has 0 aliphatic heterocycles. The second-order valence-electron chi connectivity index (χ2n) is 4.00. The smallest absolute Gasteiger partial charge is 0.337 e. The lowest BCUT2D eigenvalue weighted by Crippen LogP contribution is -2.33. The molecule has 3 N–H and O–H groups in total. The summed E-state index contributed by atoms with van der Waals surface area (Å²) in [6.45, 7) is 0. The molecule has 0 spiro atoms. The summed E-state index contributed by atoms with van der Waals surface area (Å²) in [5.74, 6) is -1.56. The molecule has 0 unspecified atom stereocenters. The third kappa shape index (κ3) is 3.95. The zero-order valence-electron chi connectivity index (χ0n) is 10.7. The largest absolute Gasteiger partial charge is 0.478 e. The monoisotopic (exact) mass is 374 g/mol. The average Bonchev–Trinajstić information content (AvgIpc) is 2.95. The van der Waals surface area contributed by atoms with Gasteiger partial charge in [-0.15, -0.1) is 11.3 Å². The standard InChI is InChI=1S/C13H8Cl2N2O3S2/c14-7-5-8(15)9(4-6(7)12(19)20)16-13(21)17-11(18)10-2-1-3-22-10/h1-5H,(H,19,20)(H2,16,17,18,21). The summed E-state index contributed by atoms with van der Waals surface area (Å²) >= 11 is 18.0. The van der Waals surface area contributed by atoms with Crippen LogP contribution in [0.5, 0.6) is 0 Å². The molecule has 0 bridgehead atoms. The van der Waals surface area contributed by atoms with Crippen molar-refractivity contribution in [3.63, 3.8) is 0 Å². The van der Waals surface area contributed by atoms with Crippen LogP contribution in [0.25, 0.3) is 0 Å². The molecule has 0 aliphatic carbocycles. The molecule has 0 radical (unpaired) electrons. The van der Waals surface area contributed by atoms with Crippen LogP contribution >= 0.6 is 46.8 Å². The second-order valence-corrected chi connectivity index (χ2v) is 6.17. The fourth-order valence-electron chi connectivity index (χ4n) is 1.53. The molecule has 0 aliphatic rings. The predicted molar refractivity (Wildman–Crippen MR) is 91.4 cm³/mol. The molecule has 22 heavy (non-hydrogen) atoms. The van der Waals surface area contributed by atoms with Gasteiger partial charge < -0.3 is 10.4 Å². The van der Waals surface area contributed by atoms with E-state index in [0.717, 1.165) is 0 Å². The van der Waals surface area contributed by atoms with E-state index in [1.807, 2.05) is 0 Å². The molecular formula is C13H8Cl2N2O3S2. The molecule has 1 aromatic carbocycles. The molecule has 2 aromatic rings. The van der Waals surface area contributed by atoms with E-state index >= 15 is 0 Å². The summed E-state index contributed by atoms with van der Waals surface area (Å²) in [7, 11) is 0. The fourth-order valence-corrected chi connectivity index (χ4v) is 2.87. The maximum atomic E-state index is 11.8. The number of amides is 1. The van der Waals surface area contributed by atoms with E-state index < -0.39 is 5.97 Å². The van der Waals surface area contributed by atoms with Crippen molar-refractivity contribution in [1.82, 2.24) is 5.32 Å². The van der Waals surface area contributed by atoms with Crippen LogP contribution in [-0.4, -0.2) is 22.1 Å². The first-order valence-electron chi connectivity index (χ1n) is 5.76. The van der Waals surface area contributed by atoms with Gasteiger partial charge in [0.05, 0.1) is 26.2 Å². The Labute approximate surface area is 144 Å². The summed E-state index contributed by atoms with van der Waals surface area (Å²) in [4.78, 5) is 23.4. The Hall–Kier alpha value is -1.67. The Balaban J connectivity index is 2.13. The first-order chi connectivity index (χ1) is 10.4. The number of carbonyl (C=O) groups is 2. The van der Waals surface area contributed by atoms with Gasteiger partial charge in [0.25, 0.3) is 5.91 Å². The zero-order chi connectivity index (χ0) is 16.3. The summed E-state index contributed by atoms with van der Waals surface area (Å²) in [6.07, 6.45) is 0. The van der Waals surface area contributed by atoms with Crippen molar-refractivity contribution < 1.29 is 14.7 Å². The molecule has 0 saturated heterocycles. The molecular weight excluding hydrogens is 367 g/mol. The Bertz CT molecular complexity index is 748. The van der Waals surface area contributed by atoms with Crippen LogP contribution in [0.15, 0.2) is 29.6 Å². The van der Waals surface area contributed by atoms with Crippen LogP contribution in [0, 0.1) is 0 Å². The zero-order valence-corrected chi connectivity index (χ0v) is 13.9. The minimum atomic E-state index is -1.20. The van der Waals surface area contributed by atoms with Crippen LogP contribution in [0.3, 0.4) is 0 Å². The van der Waals surface area contributed by atoms with E-state index in [-0.39, 0.29) is 32.3 Å². The van der Waals surface area contributed by atoms with Crippen molar-refractivity contribution in [3.8, 4) is 0 Å². The molecule has 1 heterocycles. The number of anilines is 1. The normalized spacial score (nSPS) is 10.1. The van der Waals surface area contributed by atoms with E-state index in [2.05, 4.69) is 10.6 Å². The Morgan fingerprint density at radius 1 is 1.23 bits per heavy atom. The quantitative estimate of drug-likeness (QED) is 0.710. The molecule has 1 amide bonds. The molecule has 9 heteroatoms. The van der Waals surface area contributed by atoms with E-state index in [9.17, 15) is 9.59 Å². The summed E-state index contributed by atoms with van der Waals surface area (Å²) in [5.41, 5.74) is 0.112. The SMILES string of the molecule is O=C(NC(=S)Nc1cc(C(=O)O)c(Cl)cc1Cl)c1cccs1. The van der Waals surface area contributed by atoms with Gasteiger partial charge in [-0.1, -0.05) is 29.3 Å². The Morgan fingerprint density at radius 3 is 2.55 bits per heavy atom. The Kier molecular flexibility index (Phi) is 5.36. The average molecular weight is 375 g/mol.